The van der Waals surface area contributed by atoms with Crippen LogP contribution in [0.2, 0.25) is 0 Å². The van der Waals surface area contributed by atoms with Gasteiger partial charge in [0.25, 0.3) is 5.91 Å². The molecular formula is C13H14N2O3. The van der Waals surface area contributed by atoms with Crippen LogP contribution < -0.4 is 11.1 Å². The molecular weight excluding hydrogens is 232 g/mol. The van der Waals surface area contributed by atoms with Gasteiger partial charge in [0.15, 0.2) is 0 Å². The van der Waals surface area contributed by atoms with E-state index in [4.69, 9.17) is 5.73 Å². The van der Waals surface area contributed by atoms with Crippen molar-refractivity contribution in [3.8, 4) is 17.6 Å². The molecule has 0 spiro atoms. The summed E-state index contributed by atoms with van der Waals surface area (Å²) in [7, 11) is 0. The summed E-state index contributed by atoms with van der Waals surface area (Å²) in [4.78, 5) is 21.6. The van der Waals surface area contributed by atoms with E-state index in [0.717, 1.165) is 0 Å². The first kappa shape index (κ1) is 13.6. The van der Waals surface area contributed by atoms with Gasteiger partial charge in [0.05, 0.1) is 5.56 Å². The van der Waals surface area contributed by atoms with Gasteiger partial charge in [0.2, 0.25) is 5.91 Å². The molecule has 0 fully saturated rings. The average Bonchev–Trinajstić information content (AvgIpc) is 2.30. The summed E-state index contributed by atoms with van der Waals surface area (Å²) >= 11 is 0. The van der Waals surface area contributed by atoms with Gasteiger partial charge in [-0.15, -0.1) is 0 Å². The Kier molecular flexibility index (Phi) is 4.76. The first-order chi connectivity index (χ1) is 8.50. The third kappa shape index (κ3) is 4.18. The molecule has 1 rings (SSSR count). The van der Waals surface area contributed by atoms with Crippen molar-refractivity contribution in [2.75, 3.05) is 6.54 Å². The molecule has 1 aromatic carbocycles. The maximum Gasteiger partial charge on any atom is 0.252 e. The van der Waals surface area contributed by atoms with Crippen molar-refractivity contribution in [1.29, 1.82) is 0 Å². The summed E-state index contributed by atoms with van der Waals surface area (Å²) in [6.07, 6.45) is 0.506. The van der Waals surface area contributed by atoms with Crippen molar-refractivity contribution in [1.82, 2.24) is 5.32 Å². The number of aromatic hydroxyl groups is 1. The number of benzene rings is 1. The highest BCUT2D eigenvalue weighted by Crippen LogP contribution is 2.17. The van der Waals surface area contributed by atoms with Crippen molar-refractivity contribution in [2.45, 2.75) is 13.3 Å². The third-order valence-electron chi connectivity index (χ3n) is 2.12. The number of rotatable bonds is 3. The van der Waals surface area contributed by atoms with Gasteiger partial charge in [-0.3, -0.25) is 9.59 Å². The summed E-state index contributed by atoms with van der Waals surface area (Å²) in [5.74, 6) is 4.70. The van der Waals surface area contributed by atoms with E-state index in [0.29, 0.717) is 18.5 Å². The number of nitrogens with two attached hydrogens (primary N) is 1. The van der Waals surface area contributed by atoms with Crippen LogP contribution >= 0.6 is 0 Å². The lowest BCUT2D eigenvalue weighted by Gasteiger charge is -2.00. The lowest BCUT2D eigenvalue weighted by atomic mass is 10.1. The molecule has 0 aliphatic heterocycles. The maximum atomic E-state index is 11.0. The maximum absolute atomic E-state index is 11.0. The first-order valence-corrected chi connectivity index (χ1v) is 5.37. The van der Waals surface area contributed by atoms with Gasteiger partial charge in [-0.25, -0.2) is 0 Å². The van der Waals surface area contributed by atoms with Gasteiger partial charge in [-0.05, 0) is 18.2 Å². The minimum atomic E-state index is -0.700. The van der Waals surface area contributed by atoms with Crippen molar-refractivity contribution >= 4 is 11.8 Å². The molecule has 0 aromatic heterocycles. The summed E-state index contributed by atoms with van der Waals surface area (Å²) in [5, 5.41) is 12.0. The number of primary amides is 1. The number of hydrogen-bond acceptors (Lipinski definition) is 3. The molecule has 4 N–H and O–H groups in total. The summed E-state index contributed by atoms with van der Waals surface area (Å²) in [6.45, 7) is 1.91. The van der Waals surface area contributed by atoms with Crippen molar-refractivity contribution in [2.24, 2.45) is 5.73 Å². The fraction of sp³-hybridized carbons (Fsp3) is 0.231. The predicted octanol–water partition coefficient (Wildman–Crippen LogP) is 0.369. The Balaban J connectivity index is 2.68. The zero-order chi connectivity index (χ0) is 13.5. The Bertz CT molecular complexity index is 527. The molecule has 0 atom stereocenters. The van der Waals surface area contributed by atoms with Crippen LogP contribution in [0.15, 0.2) is 18.2 Å². The number of hydrogen-bond donors (Lipinski definition) is 3. The SMILES string of the molecule is CC(=O)NCCC#Cc1ccc(O)c(C(N)=O)c1. The molecule has 0 aliphatic carbocycles. The summed E-state index contributed by atoms with van der Waals surface area (Å²) < 4.78 is 0. The smallest absolute Gasteiger partial charge is 0.252 e. The zero-order valence-corrected chi connectivity index (χ0v) is 9.99. The van der Waals surface area contributed by atoms with Crippen molar-refractivity contribution < 1.29 is 14.7 Å². The van der Waals surface area contributed by atoms with E-state index >= 15 is 0 Å². The average molecular weight is 246 g/mol. The Labute approximate surface area is 105 Å². The van der Waals surface area contributed by atoms with Gasteiger partial charge >= 0.3 is 0 Å². The standard InChI is InChI=1S/C13H14N2O3/c1-9(16)15-7-3-2-4-10-5-6-12(17)11(8-10)13(14)18/h5-6,8,17H,3,7H2,1H3,(H2,14,18)(H,15,16). The highest BCUT2D eigenvalue weighted by Gasteiger charge is 2.06. The van der Waals surface area contributed by atoms with Crippen LogP contribution in [0.4, 0.5) is 0 Å². The van der Waals surface area contributed by atoms with E-state index in [9.17, 15) is 14.7 Å². The number of carbonyl (C=O) groups is 2. The highest BCUT2D eigenvalue weighted by atomic mass is 16.3. The molecule has 0 radical (unpaired) electrons. The van der Waals surface area contributed by atoms with E-state index in [-0.39, 0.29) is 17.2 Å². The quantitative estimate of drug-likeness (QED) is 0.531. The highest BCUT2D eigenvalue weighted by molar-refractivity contribution is 5.95. The minimum absolute atomic E-state index is 0.0451. The topological polar surface area (TPSA) is 92.4 Å². The van der Waals surface area contributed by atoms with Crippen LogP contribution in [-0.4, -0.2) is 23.5 Å². The van der Waals surface area contributed by atoms with E-state index in [1.54, 1.807) is 6.07 Å². The van der Waals surface area contributed by atoms with Crippen LogP contribution in [-0.2, 0) is 4.79 Å². The third-order valence-corrected chi connectivity index (χ3v) is 2.12. The van der Waals surface area contributed by atoms with Gasteiger partial charge in [0.1, 0.15) is 5.75 Å². The monoisotopic (exact) mass is 246 g/mol. The molecule has 0 bridgehead atoms. The molecule has 18 heavy (non-hydrogen) atoms. The van der Waals surface area contributed by atoms with Crippen LogP contribution in [0.5, 0.6) is 5.75 Å². The number of amides is 2. The van der Waals surface area contributed by atoms with Crippen LogP contribution in [0, 0.1) is 11.8 Å². The Morgan fingerprint density at radius 1 is 1.44 bits per heavy atom. The number of carbonyl (C=O) groups excluding carboxylic acids is 2. The lowest BCUT2D eigenvalue weighted by Crippen LogP contribution is -2.20. The normalized spacial score (nSPS) is 9.17. The second-order valence-electron chi connectivity index (χ2n) is 3.63. The fourth-order valence-electron chi connectivity index (χ4n) is 1.28. The van der Waals surface area contributed by atoms with Crippen LogP contribution in [0.1, 0.15) is 29.3 Å². The largest absolute Gasteiger partial charge is 0.507 e. The van der Waals surface area contributed by atoms with Gasteiger partial charge in [-0.1, -0.05) is 11.8 Å². The Morgan fingerprint density at radius 2 is 2.17 bits per heavy atom. The van der Waals surface area contributed by atoms with E-state index in [1.807, 2.05) is 0 Å². The summed E-state index contributed by atoms with van der Waals surface area (Å²) in [5.41, 5.74) is 5.73. The lowest BCUT2D eigenvalue weighted by molar-refractivity contribution is -0.118. The van der Waals surface area contributed by atoms with Gasteiger partial charge < -0.3 is 16.2 Å². The van der Waals surface area contributed by atoms with Gasteiger partial charge in [-0.2, -0.15) is 0 Å². The summed E-state index contributed by atoms with van der Waals surface area (Å²) in [6, 6.07) is 4.40. The molecule has 5 nitrogen and oxygen atoms in total. The molecule has 1 aromatic rings. The van der Waals surface area contributed by atoms with E-state index < -0.39 is 5.91 Å². The second kappa shape index (κ2) is 6.30. The number of nitrogens with one attached hydrogen (secondary N) is 1. The molecule has 2 amide bonds. The molecule has 0 saturated heterocycles. The number of phenols is 1. The molecule has 94 valence electrons. The Morgan fingerprint density at radius 3 is 2.78 bits per heavy atom. The van der Waals surface area contributed by atoms with E-state index in [2.05, 4.69) is 17.2 Å². The fourth-order valence-corrected chi connectivity index (χ4v) is 1.28. The molecule has 0 heterocycles. The Hall–Kier alpha value is -2.48. The van der Waals surface area contributed by atoms with Crippen molar-refractivity contribution in [3.63, 3.8) is 0 Å². The van der Waals surface area contributed by atoms with Gasteiger partial charge in [0, 0.05) is 25.5 Å². The predicted molar refractivity (Wildman–Crippen MR) is 66.8 cm³/mol. The van der Waals surface area contributed by atoms with Crippen molar-refractivity contribution in [3.05, 3.63) is 29.3 Å². The van der Waals surface area contributed by atoms with Crippen LogP contribution in [0.3, 0.4) is 0 Å². The molecule has 0 unspecified atom stereocenters. The second-order valence-corrected chi connectivity index (χ2v) is 3.63. The zero-order valence-electron chi connectivity index (χ0n) is 9.99. The molecule has 0 saturated carbocycles. The minimum Gasteiger partial charge on any atom is -0.507 e. The van der Waals surface area contributed by atoms with Crippen LogP contribution in [0.25, 0.3) is 0 Å². The molecule has 5 heteroatoms. The molecule has 0 aliphatic rings. The first-order valence-electron chi connectivity index (χ1n) is 5.37. The van der Waals surface area contributed by atoms with E-state index in [1.165, 1.54) is 19.1 Å².